The Morgan fingerprint density at radius 3 is 2.68 bits per heavy atom. The van der Waals surface area contributed by atoms with Crippen molar-refractivity contribution in [2.24, 2.45) is 0 Å². The van der Waals surface area contributed by atoms with Crippen molar-refractivity contribution in [1.29, 1.82) is 0 Å². The van der Waals surface area contributed by atoms with E-state index in [1.54, 1.807) is 23.5 Å². The summed E-state index contributed by atoms with van der Waals surface area (Å²) in [5, 5.41) is 4.95. The molecule has 0 aliphatic heterocycles. The Labute approximate surface area is 134 Å². The van der Waals surface area contributed by atoms with Crippen molar-refractivity contribution in [3.8, 4) is 0 Å². The molecular weight excluding hydrogens is 299 g/mol. The van der Waals surface area contributed by atoms with Gasteiger partial charge in [-0.2, -0.15) is 0 Å². The van der Waals surface area contributed by atoms with Crippen LogP contribution in [0.1, 0.15) is 23.4 Å². The van der Waals surface area contributed by atoms with E-state index >= 15 is 0 Å². The minimum atomic E-state index is -0.239. The molecule has 0 saturated heterocycles. The summed E-state index contributed by atoms with van der Waals surface area (Å²) in [6.07, 6.45) is 0.705. The van der Waals surface area contributed by atoms with Crippen LogP contribution in [0.25, 0.3) is 0 Å². The van der Waals surface area contributed by atoms with Crippen molar-refractivity contribution in [2.45, 2.75) is 19.4 Å². The quantitative estimate of drug-likeness (QED) is 0.849. The molecule has 0 aliphatic carbocycles. The third kappa shape index (κ3) is 4.93. The third-order valence-electron chi connectivity index (χ3n) is 3.66. The summed E-state index contributed by atoms with van der Waals surface area (Å²) in [5.74, 6) is -0.231. The number of carbonyl (C=O) groups is 1. The number of rotatable bonds is 7. The van der Waals surface area contributed by atoms with E-state index in [-0.39, 0.29) is 17.8 Å². The lowest BCUT2D eigenvalue weighted by atomic mass is 10.1. The van der Waals surface area contributed by atoms with Gasteiger partial charge in [0.2, 0.25) is 5.91 Å². The summed E-state index contributed by atoms with van der Waals surface area (Å²) in [5.41, 5.74) is 1.02. The number of amides is 1. The average Bonchev–Trinajstić information content (AvgIpc) is 3.02. The van der Waals surface area contributed by atoms with Gasteiger partial charge in [-0.05, 0) is 49.5 Å². The second-order valence-corrected chi connectivity index (χ2v) is 6.31. The van der Waals surface area contributed by atoms with Crippen LogP contribution in [-0.4, -0.2) is 30.9 Å². The fraction of sp³-hybridized carbons (Fsp3) is 0.353. The van der Waals surface area contributed by atoms with Crippen LogP contribution in [-0.2, 0) is 11.2 Å². The third-order valence-corrected chi connectivity index (χ3v) is 4.70. The van der Waals surface area contributed by atoms with Gasteiger partial charge in [0.05, 0.1) is 6.54 Å². The Kier molecular flexibility index (Phi) is 6.10. The molecule has 0 spiro atoms. The molecule has 0 bridgehead atoms. The van der Waals surface area contributed by atoms with Crippen molar-refractivity contribution >= 4 is 17.2 Å². The topological polar surface area (TPSA) is 32.3 Å². The predicted molar refractivity (Wildman–Crippen MR) is 88.5 cm³/mol. The summed E-state index contributed by atoms with van der Waals surface area (Å²) >= 11 is 1.70. The number of nitrogens with zero attached hydrogens (tertiary/aromatic N) is 1. The number of nitrogens with one attached hydrogen (secondary N) is 1. The molecule has 3 nitrogen and oxygen atoms in total. The molecule has 1 unspecified atom stereocenters. The smallest absolute Gasteiger partial charge is 0.234 e. The van der Waals surface area contributed by atoms with Gasteiger partial charge in [-0.1, -0.05) is 18.2 Å². The summed E-state index contributed by atoms with van der Waals surface area (Å²) < 4.78 is 12.8. The lowest BCUT2D eigenvalue weighted by Crippen LogP contribution is -2.37. The lowest BCUT2D eigenvalue weighted by Gasteiger charge is -2.23. The van der Waals surface area contributed by atoms with Crippen LogP contribution in [0.15, 0.2) is 41.8 Å². The Hall–Kier alpha value is -1.72. The standard InChI is InChI=1S/C17H21FN2OS/c1-13(16-4-3-11-22-16)20(2)12-17(21)19-10-9-14-5-7-15(18)8-6-14/h3-8,11,13H,9-10,12H2,1-2H3,(H,19,21). The van der Waals surface area contributed by atoms with Crippen LogP contribution >= 0.6 is 11.3 Å². The molecule has 0 radical (unpaired) electrons. The Balaban J connectivity index is 1.72. The van der Waals surface area contributed by atoms with Crippen molar-refractivity contribution < 1.29 is 9.18 Å². The lowest BCUT2D eigenvalue weighted by molar-refractivity contribution is -0.122. The van der Waals surface area contributed by atoms with E-state index in [4.69, 9.17) is 0 Å². The maximum atomic E-state index is 12.8. The van der Waals surface area contributed by atoms with Crippen LogP contribution in [0.2, 0.25) is 0 Å². The first-order valence-electron chi connectivity index (χ1n) is 7.31. The van der Waals surface area contributed by atoms with Gasteiger partial charge >= 0.3 is 0 Å². The first-order valence-corrected chi connectivity index (χ1v) is 8.19. The van der Waals surface area contributed by atoms with Gasteiger partial charge in [-0.15, -0.1) is 11.3 Å². The summed E-state index contributed by atoms with van der Waals surface area (Å²) in [4.78, 5) is 15.2. The van der Waals surface area contributed by atoms with Gasteiger partial charge in [0, 0.05) is 17.5 Å². The average molecular weight is 320 g/mol. The molecule has 5 heteroatoms. The number of hydrogen-bond donors (Lipinski definition) is 1. The molecule has 0 fully saturated rings. The maximum absolute atomic E-state index is 12.8. The summed E-state index contributed by atoms with van der Waals surface area (Å²) in [6, 6.07) is 10.7. The molecule has 1 atom stereocenters. The molecule has 2 aromatic rings. The molecule has 1 heterocycles. The fourth-order valence-corrected chi connectivity index (χ4v) is 3.01. The molecule has 1 N–H and O–H groups in total. The van der Waals surface area contributed by atoms with E-state index in [9.17, 15) is 9.18 Å². The van der Waals surface area contributed by atoms with Gasteiger partial charge in [-0.25, -0.2) is 4.39 Å². The molecule has 0 aliphatic rings. The van der Waals surface area contributed by atoms with Crippen molar-refractivity contribution in [3.05, 3.63) is 58.0 Å². The molecule has 1 aromatic carbocycles. The number of likely N-dealkylation sites (N-methyl/N-ethyl adjacent to an activating group) is 1. The second-order valence-electron chi connectivity index (χ2n) is 5.33. The fourth-order valence-electron chi connectivity index (χ4n) is 2.16. The Bertz CT molecular complexity index is 583. The van der Waals surface area contributed by atoms with E-state index in [0.717, 1.165) is 5.56 Å². The van der Waals surface area contributed by atoms with Gasteiger partial charge in [-0.3, -0.25) is 9.69 Å². The minimum Gasteiger partial charge on any atom is -0.355 e. The van der Waals surface area contributed by atoms with Crippen LogP contribution in [0, 0.1) is 5.82 Å². The molecule has 22 heavy (non-hydrogen) atoms. The minimum absolute atomic E-state index is 0.00742. The normalized spacial score (nSPS) is 12.4. The molecule has 118 valence electrons. The summed E-state index contributed by atoms with van der Waals surface area (Å²) in [7, 11) is 1.95. The first kappa shape index (κ1) is 16.6. The number of benzene rings is 1. The van der Waals surface area contributed by atoms with Gasteiger partial charge in [0.25, 0.3) is 0 Å². The highest BCUT2D eigenvalue weighted by Gasteiger charge is 2.15. The summed E-state index contributed by atoms with van der Waals surface area (Å²) in [6.45, 7) is 3.02. The Morgan fingerprint density at radius 2 is 2.05 bits per heavy atom. The zero-order chi connectivity index (χ0) is 15.9. The number of hydrogen-bond acceptors (Lipinski definition) is 3. The highest BCUT2D eigenvalue weighted by atomic mass is 32.1. The number of thiophene rings is 1. The molecule has 1 aromatic heterocycles. The highest BCUT2D eigenvalue weighted by molar-refractivity contribution is 7.10. The van der Waals surface area contributed by atoms with Crippen molar-refractivity contribution in [1.82, 2.24) is 10.2 Å². The second kappa shape index (κ2) is 8.06. The van der Waals surface area contributed by atoms with E-state index in [0.29, 0.717) is 19.5 Å². The SMILES string of the molecule is CC(c1cccs1)N(C)CC(=O)NCCc1ccc(F)cc1. The van der Waals surface area contributed by atoms with E-state index in [1.165, 1.54) is 17.0 Å². The first-order chi connectivity index (χ1) is 10.6. The zero-order valence-electron chi connectivity index (χ0n) is 12.9. The van der Waals surface area contributed by atoms with Crippen molar-refractivity contribution in [3.63, 3.8) is 0 Å². The van der Waals surface area contributed by atoms with Crippen molar-refractivity contribution in [2.75, 3.05) is 20.1 Å². The largest absolute Gasteiger partial charge is 0.355 e. The van der Waals surface area contributed by atoms with E-state index in [2.05, 4.69) is 18.3 Å². The monoisotopic (exact) mass is 320 g/mol. The van der Waals surface area contributed by atoms with E-state index < -0.39 is 0 Å². The van der Waals surface area contributed by atoms with Crippen LogP contribution in [0.3, 0.4) is 0 Å². The molecule has 2 rings (SSSR count). The van der Waals surface area contributed by atoms with Crippen LogP contribution in [0.4, 0.5) is 4.39 Å². The van der Waals surface area contributed by atoms with Gasteiger partial charge in [0.15, 0.2) is 0 Å². The van der Waals surface area contributed by atoms with Crippen LogP contribution in [0.5, 0.6) is 0 Å². The van der Waals surface area contributed by atoms with Crippen LogP contribution < -0.4 is 5.32 Å². The predicted octanol–water partition coefficient (Wildman–Crippen LogP) is 3.24. The number of halogens is 1. The molecule has 1 amide bonds. The van der Waals surface area contributed by atoms with Gasteiger partial charge < -0.3 is 5.32 Å². The maximum Gasteiger partial charge on any atom is 0.234 e. The Morgan fingerprint density at radius 1 is 1.32 bits per heavy atom. The molecule has 0 saturated carbocycles. The zero-order valence-corrected chi connectivity index (χ0v) is 13.7. The number of carbonyl (C=O) groups excluding carboxylic acids is 1. The molecular formula is C17H21FN2OS. The van der Waals surface area contributed by atoms with E-state index in [1.807, 2.05) is 23.4 Å². The highest BCUT2D eigenvalue weighted by Crippen LogP contribution is 2.22. The van der Waals surface area contributed by atoms with Gasteiger partial charge in [0.1, 0.15) is 5.82 Å².